The summed E-state index contributed by atoms with van der Waals surface area (Å²) in [6, 6.07) is 6.97. The molecular formula is C17H14F3N3O. The second-order valence-electron chi connectivity index (χ2n) is 5.44. The number of benzene rings is 2. The Hall–Kier alpha value is -2.67. The van der Waals surface area contributed by atoms with Gasteiger partial charge in [-0.3, -0.25) is 4.98 Å². The predicted octanol–water partition coefficient (Wildman–Crippen LogP) is 3.58. The molecule has 0 fully saturated rings. The van der Waals surface area contributed by atoms with Gasteiger partial charge in [-0.15, -0.1) is 0 Å². The van der Waals surface area contributed by atoms with E-state index in [-0.39, 0.29) is 16.9 Å². The minimum absolute atomic E-state index is 0.197. The maximum Gasteiger partial charge on any atom is 0.161 e. The zero-order valence-electron chi connectivity index (χ0n) is 12.7. The van der Waals surface area contributed by atoms with E-state index in [1.807, 2.05) is 0 Å². The first-order chi connectivity index (χ1) is 11.4. The molecule has 3 rings (SSSR count). The number of anilines is 1. The van der Waals surface area contributed by atoms with Crippen molar-refractivity contribution < 1.29 is 18.3 Å². The molecule has 1 aromatic heterocycles. The molecule has 2 aromatic carbocycles. The van der Waals surface area contributed by atoms with Crippen LogP contribution in [0.5, 0.6) is 0 Å². The van der Waals surface area contributed by atoms with Crippen LogP contribution in [-0.2, 0) is 0 Å². The van der Waals surface area contributed by atoms with E-state index in [1.165, 1.54) is 30.5 Å². The van der Waals surface area contributed by atoms with Crippen molar-refractivity contribution in [2.24, 2.45) is 0 Å². The van der Waals surface area contributed by atoms with E-state index in [0.29, 0.717) is 11.4 Å². The average Bonchev–Trinajstić information content (AvgIpc) is 2.56. The van der Waals surface area contributed by atoms with E-state index < -0.39 is 23.8 Å². The molecule has 0 spiro atoms. The van der Waals surface area contributed by atoms with Crippen LogP contribution in [0.2, 0.25) is 0 Å². The Morgan fingerprint density at radius 2 is 1.62 bits per heavy atom. The lowest BCUT2D eigenvalue weighted by Crippen LogP contribution is -2.24. The summed E-state index contributed by atoms with van der Waals surface area (Å²) in [5, 5.41) is 13.2. The molecule has 7 heteroatoms. The van der Waals surface area contributed by atoms with Gasteiger partial charge in [0.1, 0.15) is 11.6 Å². The minimum atomic E-state index is -1.01. The Morgan fingerprint density at radius 1 is 1.00 bits per heavy atom. The molecule has 3 aromatic rings. The molecule has 0 saturated carbocycles. The van der Waals surface area contributed by atoms with Crippen molar-refractivity contribution in [1.82, 2.24) is 9.97 Å². The van der Waals surface area contributed by atoms with Crippen molar-refractivity contribution in [3.05, 3.63) is 65.6 Å². The van der Waals surface area contributed by atoms with Crippen molar-refractivity contribution in [2.75, 3.05) is 5.32 Å². The molecule has 2 unspecified atom stereocenters. The first kappa shape index (κ1) is 16.2. The van der Waals surface area contributed by atoms with Gasteiger partial charge in [-0.05, 0) is 24.6 Å². The van der Waals surface area contributed by atoms with E-state index in [1.54, 1.807) is 6.92 Å². The number of aliphatic hydroxyl groups is 1. The van der Waals surface area contributed by atoms with Crippen molar-refractivity contribution in [1.29, 1.82) is 0 Å². The number of nitrogens with one attached hydrogen (secondary N) is 1. The van der Waals surface area contributed by atoms with Crippen molar-refractivity contribution in [3.63, 3.8) is 0 Å². The molecule has 0 aliphatic rings. The summed E-state index contributed by atoms with van der Waals surface area (Å²) < 4.78 is 39.4. The van der Waals surface area contributed by atoms with Crippen LogP contribution >= 0.6 is 0 Å². The number of aromatic nitrogens is 2. The predicted molar refractivity (Wildman–Crippen MR) is 83.9 cm³/mol. The van der Waals surface area contributed by atoms with E-state index in [0.717, 1.165) is 12.1 Å². The Kier molecular flexibility index (Phi) is 4.35. The van der Waals surface area contributed by atoms with Crippen LogP contribution in [0.25, 0.3) is 11.0 Å². The van der Waals surface area contributed by atoms with Gasteiger partial charge in [-0.2, -0.15) is 0 Å². The lowest BCUT2D eigenvalue weighted by Gasteiger charge is -2.21. The molecule has 4 nitrogen and oxygen atoms in total. The van der Waals surface area contributed by atoms with Gasteiger partial charge in [0.25, 0.3) is 0 Å². The molecule has 2 N–H and O–H groups in total. The van der Waals surface area contributed by atoms with Gasteiger partial charge in [0.15, 0.2) is 11.6 Å². The second kappa shape index (κ2) is 6.45. The van der Waals surface area contributed by atoms with Gasteiger partial charge >= 0.3 is 0 Å². The molecular weight excluding hydrogens is 319 g/mol. The maximum absolute atomic E-state index is 13.3. The lowest BCUT2D eigenvalue weighted by atomic mass is 10.0. The highest BCUT2D eigenvalue weighted by Crippen LogP contribution is 2.21. The zero-order valence-corrected chi connectivity index (χ0v) is 12.7. The van der Waals surface area contributed by atoms with Gasteiger partial charge in [-0.1, -0.05) is 12.1 Å². The van der Waals surface area contributed by atoms with Crippen LogP contribution in [0.3, 0.4) is 0 Å². The highest BCUT2D eigenvalue weighted by Gasteiger charge is 2.17. The smallest absolute Gasteiger partial charge is 0.161 e. The third-order valence-electron chi connectivity index (χ3n) is 3.64. The first-order valence-electron chi connectivity index (χ1n) is 7.26. The molecule has 124 valence electrons. The molecule has 0 saturated heterocycles. The normalized spacial score (nSPS) is 13.7. The van der Waals surface area contributed by atoms with Gasteiger partial charge in [0, 0.05) is 12.1 Å². The van der Waals surface area contributed by atoms with Crippen LogP contribution in [0.15, 0.2) is 42.6 Å². The van der Waals surface area contributed by atoms with Gasteiger partial charge in [-0.25, -0.2) is 18.2 Å². The number of halogens is 3. The molecule has 0 aliphatic heterocycles. The third kappa shape index (κ3) is 3.30. The van der Waals surface area contributed by atoms with Crippen LogP contribution in [0.4, 0.5) is 19.0 Å². The molecule has 0 bridgehead atoms. The highest BCUT2D eigenvalue weighted by molar-refractivity contribution is 5.75. The summed E-state index contributed by atoms with van der Waals surface area (Å²) in [4.78, 5) is 8.17. The number of hydrogen-bond acceptors (Lipinski definition) is 4. The second-order valence-corrected chi connectivity index (χ2v) is 5.44. The van der Waals surface area contributed by atoms with Crippen LogP contribution in [0, 0.1) is 17.5 Å². The third-order valence-corrected chi connectivity index (χ3v) is 3.64. The summed E-state index contributed by atoms with van der Waals surface area (Å²) in [7, 11) is 0. The summed E-state index contributed by atoms with van der Waals surface area (Å²) in [5.41, 5.74) is 0.965. The van der Waals surface area contributed by atoms with Crippen molar-refractivity contribution >= 4 is 16.9 Å². The summed E-state index contributed by atoms with van der Waals surface area (Å²) in [6.45, 7) is 1.71. The molecule has 0 amide bonds. The monoisotopic (exact) mass is 333 g/mol. The number of fused-ring (bicyclic) bond motifs is 1. The van der Waals surface area contributed by atoms with Crippen molar-refractivity contribution in [2.45, 2.75) is 19.1 Å². The fraction of sp³-hybridized carbons (Fsp3) is 0.176. The standard InChI is InChI=1S/C17H14F3N3O/c1-9(17(24)10-2-4-11(18)5-3-10)22-16-8-21-14-6-12(19)13(20)7-15(14)23-16/h2-9,17,24H,1H3,(H,22,23). The molecule has 24 heavy (non-hydrogen) atoms. The van der Waals surface area contributed by atoms with Crippen LogP contribution in [0.1, 0.15) is 18.6 Å². The number of hydrogen-bond donors (Lipinski definition) is 2. The maximum atomic E-state index is 13.3. The minimum Gasteiger partial charge on any atom is -0.386 e. The Bertz CT molecular complexity index is 871. The van der Waals surface area contributed by atoms with E-state index in [9.17, 15) is 18.3 Å². The van der Waals surface area contributed by atoms with E-state index in [2.05, 4.69) is 15.3 Å². The molecule has 2 atom stereocenters. The van der Waals surface area contributed by atoms with Crippen LogP contribution in [-0.4, -0.2) is 21.1 Å². The summed E-state index contributed by atoms with van der Waals surface area (Å²) >= 11 is 0. The lowest BCUT2D eigenvalue weighted by molar-refractivity contribution is 0.160. The molecule has 0 radical (unpaired) electrons. The fourth-order valence-electron chi connectivity index (χ4n) is 2.34. The largest absolute Gasteiger partial charge is 0.386 e. The zero-order chi connectivity index (χ0) is 17.3. The first-order valence-corrected chi connectivity index (χ1v) is 7.26. The molecule has 1 heterocycles. The summed E-state index contributed by atoms with van der Waals surface area (Å²) in [5.74, 6) is -2.07. The Labute approximate surface area is 136 Å². The van der Waals surface area contributed by atoms with Gasteiger partial charge < -0.3 is 10.4 Å². The van der Waals surface area contributed by atoms with Crippen molar-refractivity contribution in [3.8, 4) is 0 Å². The number of rotatable bonds is 4. The van der Waals surface area contributed by atoms with Crippen LogP contribution < -0.4 is 5.32 Å². The topological polar surface area (TPSA) is 58.0 Å². The summed E-state index contributed by atoms with van der Waals surface area (Å²) in [6.07, 6.45) is 0.459. The number of nitrogens with zero attached hydrogens (tertiary/aromatic N) is 2. The van der Waals surface area contributed by atoms with E-state index in [4.69, 9.17) is 0 Å². The highest BCUT2D eigenvalue weighted by atomic mass is 19.2. The molecule has 0 aliphatic carbocycles. The van der Waals surface area contributed by atoms with Gasteiger partial charge in [0.2, 0.25) is 0 Å². The Balaban J connectivity index is 1.80. The van der Waals surface area contributed by atoms with Gasteiger partial charge in [0.05, 0.1) is 29.4 Å². The number of aliphatic hydroxyl groups excluding tert-OH is 1. The SMILES string of the molecule is CC(Nc1cnc2cc(F)c(F)cc2n1)C(O)c1ccc(F)cc1. The quantitative estimate of drug-likeness (QED) is 0.766. The fourth-order valence-corrected chi connectivity index (χ4v) is 2.34. The van der Waals surface area contributed by atoms with E-state index >= 15 is 0 Å². The Morgan fingerprint density at radius 3 is 2.29 bits per heavy atom. The average molecular weight is 333 g/mol.